The first kappa shape index (κ1) is 18.8. The van der Waals surface area contributed by atoms with E-state index in [9.17, 15) is 30.7 Å². The number of alkyl halides is 7. The smallest absolute Gasteiger partial charge is 0.264 e. The highest BCUT2D eigenvalue weighted by molar-refractivity contribution is 7.50. The summed E-state index contributed by atoms with van der Waals surface area (Å²) in [6, 6.07) is 3.51. The highest BCUT2D eigenvalue weighted by Crippen LogP contribution is 2.56. The van der Waals surface area contributed by atoms with Crippen molar-refractivity contribution in [1.29, 1.82) is 0 Å². The minimum Gasteiger partial charge on any atom is -0.264 e. The second-order valence-electron chi connectivity index (χ2n) is 4.82. The summed E-state index contributed by atoms with van der Waals surface area (Å²) in [6.45, 7) is -1.84. The summed E-state index contributed by atoms with van der Waals surface area (Å²) in [5.41, 5.74) is -1.19. The third-order valence-electron chi connectivity index (χ3n) is 2.98. The molecule has 0 aromatic heterocycles. The average molecular weight is 403 g/mol. The monoisotopic (exact) mass is 402 g/mol. The molecule has 0 amide bonds. The Morgan fingerprint density at radius 3 is 1.91 bits per heavy atom. The predicted octanol–water partition coefficient (Wildman–Crippen LogP) is 4.39. The first-order valence-electron chi connectivity index (χ1n) is 5.84. The summed E-state index contributed by atoms with van der Waals surface area (Å²) in [5, 5.41) is -0.0181. The Balaban J connectivity index is 2.56. The Kier molecular flexibility index (Phi) is 4.26. The summed E-state index contributed by atoms with van der Waals surface area (Å²) in [6.07, 6.45) is -16.7. The van der Waals surface area contributed by atoms with Crippen molar-refractivity contribution in [3.63, 3.8) is 0 Å². The Labute approximate surface area is 135 Å². The van der Waals surface area contributed by atoms with Crippen molar-refractivity contribution >= 4 is 34.0 Å². The normalized spacial score (nSPS) is 29.3. The van der Waals surface area contributed by atoms with Crippen LogP contribution in [0.3, 0.4) is 0 Å². The van der Waals surface area contributed by atoms with Crippen molar-refractivity contribution in [2.45, 2.75) is 30.7 Å². The molecule has 1 aromatic carbocycles. The van der Waals surface area contributed by atoms with E-state index in [0.29, 0.717) is 12.1 Å². The lowest BCUT2D eigenvalue weighted by molar-refractivity contribution is -0.594. The Hall–Kier alpha value is -0.553. The topological polar surface area (TPSA) is 18.5 Å². The van der Waals surface area contributed by atoms with Crippen molar-refractivity contribution in [2.24, 2.45) is 0 Å². The van der Waals surface area contributed by atoms with Crippen LogP contribution in [0.25, 0.3) is 0 Å². The van der Waals surface area contributed by atoms with Crippen LogP contribution < -0.4 is 5.19 Å². The van der Waals surface area contributed by atoms with Gasteiger partial charge in [0.1, 0.15) is 0 Å². The molecule has 0 saturated carbocycles. The van der Waals surface area contributed by atoms with Gasteiger partial charge in [0, 0.05) is 5.56 Å². The number of hydrogen-bond acceptors (Lipinski definition) is 2. The van der Waals surface area contributed by atoms with Crippen molar-refractivity contribution in [3.05, 3.63) is 29.8 Å². The van der Waals surface area contributed by atoms with E-state index in [-0.39, 0.29) is 5.19 Å². The predicted molar refractivity (Wildman–Crippen MR) is 69.2 cm³/mol. The van der Waals surface area contributed by atoms with E-state index in [2.05, 4.69) is 9.47 Å². The van der Waals surface area contributed by atoms with E-state index in [1.807, 2.05) is 0 Å². The molecule has 2 rings (SSSR count). The summed E-state index contributed by atoms with van der Waals surface area (Å²) < 4.78 is 99.5. The molecule has 1 aliphatic rings. The Morgan fingerprint density at radius 1 is 0.870 bits per heavy atom. The van der Waals surface area contributed by atoms with Gasteiger partial charge in [0.25, 0.3) is 6.69 Å². The molecule has 130 valence electrons. The van der Waals surface area contributed by atoms with E-state index in [4.69, 9.17) is 22.2 Å². The van der Waals surface area contributed by atoms with Crippen LogP contribution in [-0.4, -0.2) is 25.0 Å². The van der Waals surface area contributed by atoms with Gasteiger partial charge in [0.05, 0.1) is 0 Å². The van der Waals surface area contributed by atoms with E-state index in [1.54, 1.807) is 0 Å². The fourth-order valence-corrected chi connectivity index (χ4v) is 3.30. The average Bonchev–Trinajstić information content (AvgIpc) is 2.34. The highest BCUT2D eigenvalue weighted by Gasteiger charge is 2.79. The lowest BCUT2D eigenvalue weighted by Crippen LogP contribution is -2.64. The number of rotatable bonds is 2. The van der Waals surface area contributed by atoms with Gasteiger partial charge < -0.3 is 0 Å². The Morgan fingerprint density at radius 2 is 1.39 bits per heavy atom. The highest BCUT2D eigenvalue weighted by atomic mass is 35.7. The summed E-state index contributed by atoms with van der Waals surface area (Å²) in [5.74, 6) is -4.67. The zero-order chi connectivity index (χ0) is 17.9. The number of halogens is 9. The van der Waals surface area contributed by atoms with Crippen LogP contribution in [0.2, 0.25) is 6.55 Å². The van der Waals surface area contributed by atoms with E-state index < -0.39 is 36.4 Å². The Bertz CT molecular complexity index is 623. The maximum absolute atomic E-state index is 14.5. The van der Waals surface area contributed by atoms with Gasteiger partial charge in [-0.1, -0.05) is 24.3 Å². The third kappa shape index (κ3) is 3.06. The first-order valence-corrected chi connectivity index (χ1v) is 10.4. The van der Waals surface area contributed by atoms with Crippen LogP contribution in [0.4, 0.5) is 30.7 Å². The fraction of sp³-hybridized carbons (Fsp3) is 0.455. The third-order valence-corrected chi connectivity index (χ3v) is 5.61. The summed E-state index contributed by atoms with van der Waals surface area (Å²) >= 11 is 11.7. The molecule has 12 heteroatoms. The van der Waals surface area contributed by atoms with Crippen molar-refractivity contribution < 1.29 is 40.2 Å². The van der Waals surface area contributed by atoms with Crippen LogP contribution >= 0.6 is 22.2 Å². The molecule has 0 bridgehead atoms. The maximum atomic E-state index is 14.5. The number of benzene rings is 1. The van der Waals surface area contributed by atoms with Gasteiger partial charge in [-0.2, -0.15) is 30.7 Å². The molecule has 23 heavy (non-hydrogen) atoms. The van der Waals surface area contributed by atoms with E-state index in [0.717, 1.165) is 6.07 Å². The van der Waals surface area contributed by atoms with Crippen LogP contribution in [0.1, 0.15) is 5.56 Å². The molecule has 1 atom stereocenters. The molecular formula is C11H7Cl2F7O2Si. The van der Waals surface area contributed by atoms with Crippen LogP contribution in [0, 0.1) is 0 Å². The number of ether oxygens (including phenoxy) is 2. The quantitative estimate of drug-likeness (QED) is 0.415. The van der Waals surface area contributed by atoms with Gasteiger partial charge in [-0.05, 0) is 11.7 Å². The lowest BCUT2D eigenvalue weighted by Gasteiger charge is -2.43. The molecule has 1 aromatic rings. The molecule has 1 heterocycles. The molecule has 1 unspecified atom stereocenters. The van der Waals surface area contributed by atoms with Gasteiger partial charge in [0.2, 0.25) is 0 Å². The standard InChI is InChI=1S/C11H7Cl2F7O2Si/c1-23(12,13)7-4-2-3-6(5-7)8(14)9(15,16)22-11(19,20)10(17,18)21-8/h2-5H,1H3. The second-order valence-corrected chi connectivity index (χ2v) is 12.3. The van der Waals surface area contributed by atoms with Crippen molar-refractivity contribution in [3.8, 4) is 0 Å². The van der Waals surface area contributed by atoms with Crippen molar-refractivity contribution in [1.82, 2.24) is 0 Å². The van der Waals surface area contributed by atoms with Gasteiger partial charge in [-0.15, -0.1) is 22.2 Å². The summed E-state index contributed by atoms with van der Waals surface area (Å²) in [4.78, 5) is 0. The number of hydrogen-bond donors (Lipinski definition) is 0. The molecule has 1 fully saturated rings. The minimum atomic E-state index is -5.72. The minimum absolute atomic E-state index is 0.0181. The van der Waals surface area contributed by atoms with E-state index >= 15 is 0 Å². The van der Waals surface area contributed by atoms with E-state index in [1.165, 1.54) is 12.6 Å². The molecular weight excluding hydrogens is 396 g/mol. The lowest BCUT2D eigenvalue weighted by atomic mass is 10.1. The molecule has 2 nitrogen and oxygen atoms in total. The van der Waals surface area contributed by atoms with Crippen molar-refractivity contribution in [2.75, 3.05) is 0 Å². The van der Waals surface area contributed by atoms with Crippen LogP contribution in [-0.2, 0) is 15.3 Å². The second kappa shape index (κ2) is 5.22. The zero-order valence-corrected chi connectivity index (χ0v) is 13.5. The van der Waals surface area contributed by atoms with Crippen LogP contribution in [0.5, 0.6) is 0 Å². The SMILES string of the molecule is C[Si](Cl)(Cl)c1cccc(C2(F)OC(F)(F)C(F)(F)OC2(F)F)c1. The molecule has 0 radical (unpaired) electrons. The van der Waals surface area contributed by atoms with Gasteiger partial charge in [0.15, 0.2) is 0 Å². The molecule has 0 N–H and O–H groups in total. The fourth-order valence-electron chi connectivity index (χ4n) is 1.80. The van der Waals surface area contributed by atoms with Gasteiger partial charge in [-0.3, -0.25) is 4.74 Å². The molecule has 1 aliphatic heterocycles. The largest absolute Gasteiger partial charge is 0.453 e. The molecule has 0 aliphatic carbocycles. The van der Waals surface area contributed by atoms with Crippen LogP contribution in [0.15, 0.2) is 24.3 Å². The first-order chi connectivity index (χ1) is 10.1. The molecule has 0 spiro atoms. The summed E-state index contributed by atoms with van der Waals surface area (Å²) in [7, 11) is 0. The maximum Gasteiger partial charge on any atom is 0.453 e. The van der Waals surface area contributed by atoms with Gasteiger partial charge >= 0.3 is 24.2 Å². The molecule has 1 saturated heterocycles. The van der Waals surface area contributed by atoms with Gasteiger partial charge in [-0.25, -0.2) is 4.74 Å². The zero-order valence-electron chi connectivity index (χ0n) is 11.0.